The predicted octanol–water partition coefficient (Wildman–Crippen LogP) is 3.12. The number of amides is 2. The Morgan fingerprint density at radius 2 is 2.04 bits per heavy atom. The highest BCUT2D eigenvalue weighted by molar-refractivity contribution is 8.02. The van der Waals surface area contributed by atoms with E-state index in [0.717, 1.165) is 16.3 Å². The van der Waals surface area contributed by atoms with Crippen molar-refractivity contribution in [1.82, 2.24) is 5.32 Å². The van der Waals surface area contributed by atoms with Crippen LogP contribution < -0.4 is 10.2 Å². The number of hydrogen-bond acceptors (Lipinski definition) is 4. The van der Waals surface area contributed by atoms with E-state index in [0.29, 0.717) is 12.3 Å². The second-order valence-electron chi connectivity index (χ2n) is 5.85. The molecule has 1 aliphatic rings. The number of nitrogens with one attached hydrogen (secondary N) is 1. The van der Waals surface area contributed by atoms with Gasteiger partial charge in [-0.15, -0.1) is 0 Å². The lowest BCUT2D eigenvalue weighted by Gasteiger charge is -2.38. The molecule has 0 aliphatic carbocycles. The Hall–Kier alpha value is -2.21. The fraction of sp³-hybridized carbons (Fsp3) is 0.333. The normalized spacial score (nSPS) is 20.0. The summed E-state index contributed by atoms with van der Waals surface area (Å²) < 4.78 is 4.27. The zero-order valence-corrected chi connectivity index (χ0v) is 14.8. The minimum atomic E-state index is -1.19. The first-order valence-corrected chi connectivity index (χ1v) is 8.71. The van der Waals surface area contributed by atoms with Gasteiger partial charge in [-0.1, -0.05) is 23.9 Å². The minimum absolute atomic E-state index is 0.193. The topological polar surface area (TPSA) is 62.6 Å². The molecule has 2 heterocycles. The summed E-state index contributed by atoms with van der Waals surface area (Å²) in [6, 6.07) is 11.3. The van der Waals surface area contributed by atoms with Crippen molar-refractivity contribution in [3.8, 4) is 0 Å². The van der Waals surface area contributed by atoms with Crippen LogP contribution in [-0.2, 0) is 16.1 Å². The Balaban J connectivity index is 1.83. The molecule has 1 unspecified atom stereocenters. The van der Waals surface area contributed by atoms with Crippen molar-refractivity contribution in [2.24, 2.45) is 0 Å². The van der Waals surface area contributed by atoms with Crippen LogP contribution in [0.2, 0.25) is 0 Å². The molecule has 0 bridgehead atoms. The van der Waals surface area contributed by atoms with Crippen LogP contribution >= 0.6 is 11.8 Å². The third kappa shape index (κ3) is 2.82. The maximum absolute atomic E-state index is 12.9. The highest BCUT2D eigenvalue weighted by Crippen LogP contribution is 2.45. The fourth-order valence-electron chi connectivity index (χ4n) is 2.77. The van der Waals surface area contributed by atoms with Crippen molar-refractivity contribution in [3.63, 3.8) is 0 Å². The minimum Gasteiger partial charge on any atom is -0.465 e. The second kappa shape index (κ2) is 6.36. The van der Waals surface area contributed by atoms with E-state index in [4.69, 9.17) is 4.42 Å². The van der Waals surface area contributed by atoms with Crippen LogP contribution in [0.25, 0.3) is 0 Å². The predicted molar refractivity (Wildman–Crippen MR) is 94.0 cm³/mol. The van der Waals surface area contributed by atoms with Gasteiger partial charge in [-0.05, 0) is 45.0 Å². The molecule has 1 N–H and O–H groups in total. The van der Waals surface area contributed by atoms with Gasteiger partial charge in [0.1, 0.15) is 11.5 Å². The average molecular weight is 344 g/mol. The molecular weight excluding hydrogens is 324 g/mol. The summed E-state index contributed by atoms with van der Waals surface area (Å²) in [5, 5.41) is 2.83. The summed E-state index contributed by atoms with van der Waals surface area (Å²) in [7, 11) is 0. The van der Waals surface area contributed by atoms with Gasteiger partial charge in [-0.2, -0.15) is 0 Å². The molecule has 24 heavy (non-hydrogen) atoms. The SMILES string of the molecule is CCN1C(=O)C(C)(C(=O)NCc2ccc(C)o2)Sc2ccccc21. The van der Waals surface area contributed by atoms with Crippen molar-refractivity contribution in [2.75, 3.05) is 11.4 Å². The largest absolute Gasteiger partial charge is 0.465 e. The van der Waals surface area contributed by atoms with Crippen molar-refractivity contribution >= 4 is 29.3 Å². The number of aryl methyl sites for hydroxylation is 1. The molecule has 0 saturated carbocycles. The molecule has 3 rings (SSSR count). The van der Waals surface area contributed by atoms with Gasteiger partial charge in [0.05, 0.1) is 12.2 Å². The van der Waals surface area contributed by atoms with Crippen molar-refractivity contribution in [1.29, 1.82) is 0 Å². The van der Waals surface area contributed by atoms with Gasteiger partial charge in [0, 0.05) is 11.4 Å². The van der Waals surface area contributed by atoms with Gasteiger partial charge in [0.2, 0.25) is 5.91 Å². The molecule has 5 nitrogen and oxygen atoms in total. The number of anilines is 1. The van der Waals surface area contributed by atoms with E-state index < -0.39 is 4.75 Å². The zero-order chi connectivity index (χ0) is 17.3. The molecule has 0 radical (unpaired) electrons. The molecule has 1 aromatic carbocycles. The number of fused-ring (bicyclic) bond motifs is 1. The van der Waals surface area contributed by atoms with E-state index in [2.05, 4.69) is 5.32 Å². The van der Waals surface area contributed by atoms with Gasteiger partial charge >= 0.3 is 0 Å². The van der Waals surface area contributed by atoms with E-state index >= 15 is 0 Å². The van der Waals surface area contributed by atoms with Crippen LogP contribution in [0.15, 0.2) is 45.7 Å². The van der Waals surface area contributed by atoms with Gasteiger partial charge in [0.25, 0.3) is 5.91 Å². The lowest BCUT2D eigenvalue weighted by Crippen LogP contribution is -2.56. The highest BCUT2D eigenvalue weighted by atomic mass is 32.2. The van der Waals surface area contributed by atoms with Gasteiger partial charge < -0.3 is 14.6 Å². The van der Waals surface area contributed by atoms with E-state index in [1.54, 1.807) is 11.8 Å². The Labute approximate surface area is 145 Å². The van der Waals surface area contributed by atoms with E-state index in [1.165, 1.54) is 11.8 Å². The maximum Gasteiger partial charge on any atom is 0.252 e. The molecule has 0 saturated heterocycles. The van der Waals surface area contributed by atoms with Gasteiger partial charge in [-0.3, -0.25) is 9.59 Å². The van der Waals surface area contributed by atoms with Gasteiger partial charge in [0.15, 0.2) is 4.75 Å². The Bertz CT molecular complexity index is 786. The number of rotatable bonds is 4. The molecule has 1 aliphatic heterocycles. The lowest BCUT2D eigenvalue weighted by molar-refractivity contribution is -0.131. The molecule has 0 fully saturated rings. The molecular formula is C18H20N2O3S. The summed E-state index contributed by atoms with van der Waals surface area (Å²) in [5.41, 5.74) is 0.863. The number of hydrogen-bond donors (Lipinski definition) is 1. The number of furan rings is 1. The summed E-state index contributed by atoms with van der Waals surface area (Å²) in [6.45, 7) is 6.24. The number of para-hydroxylation sites is 1. The van der Waals surface area contributed by atoms with Crippen molar-refractivity contribution in [2.45, 2.75) is 37.0 Å². The molecule has 1 aromatic heterocycles. The molecule has 1 atom stereocenters. The quantitative estimate of drug-likeness (QED) is 0.866. The first-order chi connectivity index (χ1) is 11.5. The first-order valence-electron chi connectivity index (χ1n) is 7.89. The summed E-state index contributed by atoms with van der Waals surface area (Å²) >= 11 is 1.30. The third-order valence-electron chi connectivity index (χ3n) is 4.09. The van der Waals surface area contributed by atoms with E-state index in [1.807, 2.05) is 50.2 Å². The Morgan fingerprint density at radius 1 is 1.29 bits per heavy atom. The van der Waals surface area contributed by atoms with Crippen LogP contribution in [0.5, 0.6) is 0 Å². The van der Waals surface area contributed by atoms with Gasteiger partial charge in [-0.25, -0.2) is 0 Å². The number of benzene rings is 1. The Kier molecular flexibility index (Phi) is 4.41. The molecule has 2 amide bonds. The fourth-order valence-corrected chi connectivity index (χ4v) is 4.00. The standard InChI is InChI=1S/C18H20N2O3S/c1-4-20-14-7-5-6-8-15(14)24-18(3,17(20)22)16(21)19-11-13-10-9-12(2)23-13/h5-10H,4,11H2,1-3H3,(H,19,21). The second-order valence-corrected chi connectivity index (χ2v) is 7.31. The Morgan fingerprint density at radius 3 is 2.71 bits per heavy atom. The molecule has 0 spiro atoms. The number of carbonyl (C=O) groups excluding carboxylic acids is 2. The highest BCUT2D eigenvalue weighted by Gasteiger charge is 2.48. The summed E-state index contributed by atoms with van der Waals surface area (Å²) in [4.78, 5) is 28.3. The third-order valence-corrected chi connectivity index (χ3v) is 5.43. The number of nitrogens with zero attached hydrogens (tertiary/aromatic N) is 1. The maximum atomic E-state index is 12.9. The molecule has 6 heteroatoms. The summed E-state index contributed by atoms with van der Waals surface area (Å²) in [6.07, 6.45) is 0. The molecule has 126 valence electrons. The molecule has 2 aromatic rings. The smallest absolute Gasteiger partial charge is 0.252 e. The van der Waals surface area contributed by atoms with Crippen LogP contribution in [0.1, 0.15) is 25.4 Å². The van der Waals surface area contributed by atoms with Crippen molar-refractivity contribution in [3.05, 3.63) is 47.9 Å². The monoisotopic (exact) mass is 344 g/mol. The lowest BCUT2D eigenvalue weighted by atomic mass is 10.1. The first kappa shape index (κ1) is 16.6. The average Bonchev–Trinajstić information content (AvgIpc) is 2.99. The number of carbonyl (C=O) groups is 2. The zero-order valence-electron chi connectivity index (χ0n) is 14.0. The van der Waals surface area contributed by atoms with E-state index in [-0.39, 0.29) is 18.4 Å². The van der Waals surface area contributed by atoms with Crippen molar-refractivity contribution < 1.29 is 14.0 Å². The van der Waals surface area contributed by atoms with Crippen LogP contribution in [0.3, 0.4) is 0 Å². The van der Waals surface area contributed by atoms with Crippen LogP contribution in [0, 0.1) is 6.92 Å². The van der Waals surface area contributed by atoms with E-state index in [9.17, 15) is 9.59 Å². The summed E-state index contributed by atoms with van der Waals surface area (Å²) in [5.74, 6) is 0.964. The van der Waals surface area contributed by atoms with Crippen LogP contribution in [0.4, 0.5) is 5.69 Å². The van der Waals surface area contributed by atoms with Crippen LogP contribution in [-0.4, -0.2) is 23.1 Å². The number of thioether (sulfide) groups is 1.